The van der Waals surface area contributed by atoms with Gasteiger partial charge < -0.3 is 15.2 Å². The van der Waals surface area contributed by atoms with Gasteiger partial charge in [0.25, 0.3) is 0 Å². The number of phenols is 1. The van der Waals surface area contributed by atoms with Crippen LogP contribution in [-0.4, -0.2) is 22.0 Å². The molecule has 4 rings (SSSR count). The Morgan fingerprint density at radius 2 is 1.53 bits per heavy atom. The van der Waals surface area contributed by atoms with Crippen molar-refractivity contribution in [3.8, 4) is 22.6 Å². The maximum Gasteiger partial charge on any atom is 0.163 e. The Hall–Kier alpha value is -3.11. The summed E-state index contributed by atoms with van der Waals surface area (Å²) in [7, 11) is 0. The molecule has 1 heterocycles. The molecule has 34 heavy (non-hydrogen) atoms. The van der Waals surface area contributed by atoms with E-state index in [4.69, 9.17) is 4.74 Å². The number of hydrogen-bond donors (Lipinski definition) is 2. The van der Waals surface area contributed by atoms with E-state index < -0.39 is 0 Å². The SMILES string of the molecule is CC1(C)CC(CC(=O)c2ccc(COc3cccc(-c4cccc(O)c4)c3)cc2)CC(C)(C)N1. The van der Waals surface area contributed by atoms with E-state index in [1.807, 2.05) is 60.7 Å². The average Bonchev–Trinajstić information content (AvgIpc) is 2.76. The molecular formula is C30H35NO3. The van der Waals surface area contributed by atoms with Crippen LogP contribution >= 0.6 is 0 Å². The van der Waals surface area contributed by atoms with Crippen LogP contribution in [0.5, 0.6) is 11.5 Å². The van der Waals surface area contributed by atoms with Gasteiger partial charge in [0.1, 0.15) is 18.1 Å². The van der Waals surface area contributed by atoms with Gasteiger partial charge in [0, 0.05) is 23.1 Å². The summed E-state index contributed by atoms with van der Waals surface area (Å²) in [5.41, 5.74) is 3.80. The van der Waals surface area contributed by atoms with E-state index in [-0.39, 0.29) is 22.6 Å². The number of ketones is 1. The van der Waals surface area contributed by atoms with E-state index in [1.54, 1.807) is 12.1 Å². The van der Waals surface area contributed by atoms with Crippen LogP contribution < -0.4 is 10.1 Å². The highest BCUT2D eigenvalue weighted by Crippen LogP contribution is 2.35. The van der Waals surface area contributed by atoms with Crippen LogP contribution in [0.4, 0.5) is 0 Å². The molecule has 1 aliphatic rings. The largest absolute Gasteiger partial charge is 0.508 e. The lowest BCUT2D eigenvalue weighted by molar-refractivity contribution is 0.0864. The molecule has 0 radical (unpaired) electrons. The van der Waals surface area contributed by atoms with Gasteiger partial charge in [-0.2, -0.15) is 0 Å². The summed E-state index contributed by atoms with van der Waals surface area (Å²) < 4.78 is 6.00. The lowest BCUT2D eigenvalue weighted by Crippen LogP contribution is -2.57. The second-order valence-electron chi connectivity index (χ2n) is 10.9. The number of rotatable bonds is 7. The maximum absolute atomic E-state index is 13.0. The second kappa shape index (κ2) is 9.63. The minimum absolute atomic E-state index is 0.0477. The quantitative estimate of drug-likeness (QED) is 0.385. The van der Waals surface area contributed by atoms with Crippen molar-refractivity contribution in [3.05, 3.63) is 83.9 Å². The van der Waals surface area contributed by atoms with Crippen molar-refractivity contribution in [2.45, 2.75) is 64.6 Å². The molecule has 0 aliphatic carbocycles. The third-order valence-electron chi connectivity index (χ3n) is 6.44. The normalized spacial score (nSPS) is 17.3. The first-order valence-corrected chi connectivity index (χ1v) is 12.0. The van der Waals surface area contributed by atoms with E-state index in [1.165, 1.54) is 0 Å². The zero-order chi connectivity index (χ0) is 24.3. The topological polar surface area (TPSA) is 58.6 Å². The molecule has 4 nitrogen and oxygen atoms in total. The molecular weight excluding hydrogens is 422 g/mol. The van der Waals surface area contributed by atoms with Crippen molar-refractivity contribution in [1.29, 1.82) is 0 Å². The van der Waals surface area contributed by atoms with Crippen LogP contribution in [0.3, 0.4) is 0 Å². The molecule has 3 aromatic carbocycles. The highest BCUT2D eigenvalue weighted by molar-refractivity contribution is 5.96. The van der Waals surface area contributed by atoms with Gasteiger partial charge in [-0.15, -0.1) is 0 Å². The number of nitrogens with one attached hydrogen (secondary N) is 1. The molecule has 4 heteroatoms. The monoisotopic (exact) mass is 457 g/mol. The molecule has 0 bridgehead atoms. The fourth-order valence-electron chi connectivity index (χ4n) is 5.46. The first-order chi connectivity index (χ1) is 16.1. The van der Waals surface area contributed by atoms with Crippen molar-refractivity contribution in [3.63, 3.8) is 0 Å². The predicted octanol–water partition coefficient (Wildman–Crippen LogP) is 6.77. The predicted molar refractivity (Wildman–Crippen MR) is 137 cm³/mol. The van der Waals surface area contributed by atoms with Crippen LogP contribution in [-0.2, 0) is 6.61 Å². The number of phenolic OH excluding ortho intramolecular Hbond substituents is 1. The molecule has 0 unspecified atom stereocenters. The van der Waals surface area contributed by atoms with Crippen molar-refractivity contribution in [2.75, 3.05) is 0 Å². The van der Waals surface area contributed by atoms with E-state index in [0.29, 0.717) is 18.9 Å². The van der Waals surface area contributed by atoms with Crippen LogP contribution in [0.1, 0.15) is 62.9 Å². The molecule has 1 aliphatic heterocycles. The number of aromatic hydroxyl groups is 1. The van der Waals surface area contributed by atoms with Gasteiger partial charge in [0.2, 0.25) is 0 Å². The highest BCUT2D eigenvalue weighted by atomic mass is 16.5. The Morgan fingerprint density at radius 1 is 0.912 bits per heavy atom. The smallest absolute Gasteiger partial charge is 0.163 e. The summed E-state index contributed by atoms with van der Waals surface area (Å²) in [4.78, 5) is 13.0. The minimum Gasteiger partial charge on any atom is -0.508 e. The molecule has 2 N–H and O–H groups in total. The summed E-state index contributed by atoms with van der Waals surface area (Å²) in [5, 5.41) is 13.4. The molecule has 0 atom stereocenters. The number of hydrogen-bond acceptors (Lipinski definition) is 4. The van der Waals surface area contributed by atoms with Crippen LogP contribution in [0, 0.1) is 5.92 Å². The van der Waals surface area contributed by atoms with Crippen molar-refractivity contribution >= 4 is 5.78 Å². The number of benzene rings is 3. The third kappa shape index (κ3) is 6.27. The summed E-state index contributed by atoms with van der Waals surface area (Å²) in [5.74, 6) is 1.61. The average molecular weight is 458 g/mol. The molecule has 1 saturated heterocycles. The summed E-state index contributed by atoms with van der Waals surface area (Å²) in [6.07, 6.45) is 2.61. The number of piperidine rings is 1. The number of carbonyl (C=O) groups excluding carboxylic acids is 1. The Morgan fingerprint density at radius 3 is 2.18 bits per heavy atom. The fraction of sp³-hybridized carbons (Fsp3) is 0.367. The van der Waals surface area contributed by atoms with E-state index in [2.05, 4.69) is 33.0 Å². The maximum atomic E-state index is 13.0. The van der Waals surface area contributed by atoms with Crippen molar-refractivity contribution in [2.24, 2.45) is 5.92 Å². The van der Waals surface area contributed by atoms with Gasteiger partial charge in [-0.1, -0.05) is 48.5 Å². The zero-order valence-corrected chi connectivity index (χ0v) is 20.6. The summed E-state index contributed by atoms with van der Waals surface area (Å²) >= 11 is 0. The van der Waals surface area contributed by atoms with Crippen molar-refractivity contribution < 1.29 is 14.6 Å². The molecule has 1 fully saturated rings. The van der Waals surface area contributed by atoms with Crippen molar-refractivity contribution in [1.82, 2.24) is 5.32 Å². The highest BCUT2D eigenvalue weighted by Gasteiger charge is 2.38. The van der Waals surface area contributed by atoms with Crippen LogP contribution in [0.15, 0.2) is 72.8 Å². The Labute approximate surface area is 203 Å². The van der Waals surface area contributed by atoms with E-state index in [0.717, 1.165) is 40.8 Å². The molecule has 178 valence electrons. The first kappa shape index (κ1) is 24.0. The number of carbonyl (C=O) groups is 1. The lowest BCUT2D eigenvalue weighted by Gasteiger charge is -2.46. The van der Waals surface area contributed by atoms with Crippen LogP contribution in [0.25, 0.3) is 11.1 Å². The van der Waals surface area contributed by atoms with E-state index >= 15 is 0 Å². The molecule has 3 aromatic rings. The van der Waals surface area contributed by atoms with Gasteiger partial charge in [-0.05, 0) is 87.4 Å². The molecule has 0 spiro atoms. The molecule has 0 saturated carbocycles. The Bertz CT molecular complexity index is 1130. The summed E-state index contributed by atoms with van der Waals surface area (Å²) in [6.45, 7) is 9.31. The number of Topliss-reactive ketones (excluding diaryl/α,β-unsaturated/α-hetero) is 1. The minimum atomic E-state index is 0.0477. The lowest BCUT2D eigenvalue weighted by atomic mass is 9.74. The Kier molecular flexibility index (Phi) is 6.81. The summed E-state index contributed by atoms with van der Waals surface area (Å²) in [6, 6.07) is 22.8. The standard InChI is InChI=1S/C30H35NO3/c1-29(2)18-22(19-30(3,4)31-29)15-28(33)23-13-11-21(12-14-23)20-34-27-10-6-8-25(17-27)24-7-5-9-26(32)16-24/h5-14,16-17,22,31-32H,15,18-20H2,1-4H3. The molecule has 0 aromatic heterocycles. The van der Waals surface area contributed by atoms with E-state index in [9.17, 15) is 9.90 Å². The van der Waals surface area contributed by atoms with Gasteiger partial charge >= 0.3 is 0 Å². The van der Waals surface area contributed by atoms with Crippen LogP contribution in [0.2, 0.25) is 0 Å². The fourth-order valence-corrected chi connectivity index (χ4v) is 5.46. The number of ether oxygens (including phenoxy) is 1. The van der Waals surface area contributed by atoms with Gasteiger partial charge in [-0.25, -0.2) is 0 Å². The van der Waals surface area contributed by atoms with Gasteiger partial charge in [0.15, 0.2) is 5.78 Å². The zero-order valence-electron chi connectivity index (χ0n) is 20.6. The van der Waals surface area contributed by atoms with Gasteiger partial charge in [0.05, 0.1) is 0 Å². The second-order valence-corrected chi connectivity index (χ2v) is 10.9. The van der Waals surface area contributed by atoms with Gasteiger partial charge in [-0.3, -0.25) is 4.79 Å². The Balaban J connectivity index is 1.35. The first-order valence-electron chi connectivity index (χ1n) is 12.0. The molecule has 0 amide bonds. The third-order valence-corrected chi connectivity index (χ3v) is 6.44.